The number of aldehydes is 1. The fourth-order valence-corrected chi connectivity index (χ4v) is 6.33. The number of carbonyl (C=O) groups excluding carboxylic acids is 1. The van der Waals surface area contributed by atoms with Gasteiger partial charge in [0.2, 0.25) is 0 Å². The zero-order valence-electron chi connectivity index (χ0n) is 17.3. The van der Waals surface area contributed by atoms with Crippen molar-refractivity contribution in [1.29, 1.82) is 0 Å². The molecule has 2 aromatic carbocycles. The highest BCUT2D eigenvalue weighted by Gasteiger charge is 2.42. The minimum Gasteiger partial charge on any atom is -0.496 e. The van der Waals surface area contributed by atoms with Crippen LogP contribution in [0.5, 0.6) is 5.75 Å². The number of sulfone groups is 1. The third kappa shape index (κ3) is 4.23. The predicted molar refractivity (Wildman–Crippen MR) is 114 cm³/mol. The van der Waals surface area contributed by atoms with Crippen LogP contribution < -0.4 is 10.1 Å². The van der Waals surface area contributed by atoms with Crippen molar-refractivity contribution >= 4 is 16.1 Å². The summed E-state index contributed by atoms with van der Waals surface area (Å²) < 4.78 is 32.3. The molecule has 29 heavy (non-hydrogen) atoms. The van der Waals surface area contributed by atoms with Crippen molar-refractivity contribution in [2.45, 2.75) is 56.0 Å². The van der Waals surface area contributed by atoms with Crippen LogP contribution in [0.25, 0.3) is 0 Å². The van der Waals surface area contributed by atoms with Crippen molar-refractivity contribution < 1.29 is 17.9 Å². The second-order valence-electron chi connectivity index (χ2n) is 7.73. The molecule has 1 N–H and O–H groups in total. The van der Waals surface area contributed by atoms with Crippen molar-refractivity contribution in [3.05, 3.63) is 59.2 Å². The number of rotatable bonds is 7. The molecule has 1 aliphatic heterocycles. The summed E-state index contributed by atoms with van der Waals surface area (Å²) in [4.78, 5) is 11.8. The zero-order valence-corrected chi connectivity index (χ0v) is 18.1. The fraction of sp³-hybridized carbons (Fsp3) is 0.435. The lowest BCUT2D eigenvalue weighted by molar-refractivity contribution is 0.112. The molecule has 2 atom stereocenters. The first-order chi connectivity index (χ1) is 13.9. The maximum Gasteiger partial charge on any atom is 0.180 e. The molecule has 1 heterocycles. The van der Waals surface area contributed by atoms with E-state index in [2.05, 4.69) is 12.2 Å². The first-order valence-corrected chi connectivity index (χ1v) is 11.8. The lowest BCUT2D eigenvalue weighted by atomic mass is 9.88. The van der Waals surface area contributed by atoms with E-state index >= 15 is 0 Å². The molecule has 0 fully saturated rings. The summed E-state index contributed by atoms with van der Waals surface area (Å²) >= 11 is 0. The highest BCUT2D eigenvalue weighted by Crippen LogP contribution is 2.40. The number of fused-ring (bicyclic) bond motifs is 1. The van der Waals surface area contributed by atoms with Gasteiger partial charge in [-0.1, -0.05) is 57.0 Å². The number of benzene rings is 2. The van der Waals surface area contributed by atoms with Crippen molar-refractivity contribution in [2.75, 3.05) is 12.9 Å². The normalized spacial score (nSPS) is 23.1. The lowest BCUT2D eigenvalue weighted by Gasteiger charge is -2.36. The van der Waals surface area contributed by atoms with Gasteiger partial charge in [-0.2, -0.15) is 0 Å². The van der Waals surface area contributed by atoms with E-state index in [-0.39, 0.29) is 22.3 Å². The topological polar surface area (TPSA) is 72.5 Å². The molecule has 0 amide bonds. The molecule has 0 saturated carbocycles. The van der Waals surface area contributed by atoms with Gasteiger partial charge in [-0.05, 0) is 36.1 Å². The highest BCUT2D eigenvalue weighted by molar-refractivity contribution is 7.91. The number of ether oxygens (including phenoxy) is 1. The summed E-state index contributed by atoms with van der Waals surface area (Å²) in [7, 11) is -2.12. The van der Waals surface area contributed by atoms with Gasteiger partial charge in [0.25, 0.3) is 0 Å². The van der Waals surface area contributed by atoms with Gasteiger partial charge in [0.1, 0.15) is 5.75 Å². The van der Waals surface area contributed by atoms with Gasteiger partial charge in [-0.3, -0.25) is 10.1 Å². The van der Waals surface area contributed by atoms with Crippen molar-refractivity contribution in [1.82, 2.24) is 5.32 Å². The maximum atomic E-state index is 13.5. The van der Waals surface area contributed by atoms with E-state index in [9.17, 15) is 13.2 Å². The molecule has 0 spiro atoms. The molecule has 1 aliphatic rings. The zero-order chi connectivity index (χ0) is 21.1. The predicted octanol–water partition coefficient (Wildman–Crippen LogP) is 4.31. The average molecular weight is 416 g/mol. The minimum absolute atomic E-state index is 0.0114. The Hall–Kier alpha value is -2.18. The molecule has 2 aromatic rings. The molecular formula is C23H29NO4S. The molecule has 2 unspecified atom stereocenters. The van der Waals surface area contributed by atoms with Gasteiger partial charge in [0, 0.05) is 5.54 Å². The molecule has 6 heteroatoms. The molecule has 0 radical (unpaired) electrons. The van der Waals surface area contributed by atoms with Gasteiger partial charge < -0.3 is 4.74 Å². The van der Waals surface area contributed by atoms with Gasteiger partial charge >= 0.3 is 0 Å². The number of nitrogens with one attached hydrogen (secondary N) is 1. The van der Waals surface area contributed by atoms with E-state index in [1.54, 1.807) is 6.07 Å². The second kappa shape index (κ2) is 8.67. The quantitative estimate of drug-likeness (QED) is 0.682. The SMILES string of the molecule is CCCCC1(CC)CS(=O)(=O)c2cc(C=O)c(OC)cc2C(c2ccccc2)N1. The summed E-state index contributed by atoms with van der Waals surface area (Å²) in [5.41, 5.74) is 1.33. The Morgan fingerprint density at radius 2 is 1.93 bits per heavy atom. The summed E-state index contributed by atoms with van der Waals surface area (Å²) in [6.07, 6.45) is 4.05. The van der Waals surface area contributed by atoms with Crippen molar-refractivity contribution in [2.24, 2.45) is 0 Å². The first-order valence-electron chi connectivity index (χ1n) is 10.1. The Kier molecular flexibility index (Phi) is 6.44. The van der Waals surface area contributed by atoms with Crippen LogP contribution in [0.4, 0.5) is 0 Å². The summed E-state index contributed by atoms with van der Waals surface area (Å²) in [6, 6.07) is 12.7. The molecule has 0 aliphatic carbocycles. The van der Waals surface area contributed by atoms with Crippen LogP contribution in [0.15, 0.2) is 47.4 Å². The van der Waals surface area contributed by atoms with Gasteiger partial charge in [-0.15, -0.1) is 0 Å². The number of methoxy groups -OCH3 is 1. The van der Waals surface area contributed by atoms with E-state index in [1.165, 1.54) is 13.2 Å². The highest BCUT2D eigenvalue weighted by atomic mass is 32.2. The molecule has 0 bridgehead atoms. The van der Waals surface area contributed by atoms with Crippen LogP contribution in [0.1, 0.15) is 67.1 Å². The Bertz CT molecular complexity index is 972. The Morgan fingerprint density at radius 1 is 1.21 bits per heavy atom. The van der Waals surface area contributed by atoms with E-state index in [4.69, 9.17) is 4.74 Å². The van der Waals surface area contributed by atoms with Crippen LogP contribution in [-0.2, 0) is 9.84 Å². The monoisotopic (exact) mass is 415 g/mol. The molecule has 0 saturated heterocycles. The number of hydrogen-bond acceptors (Lipinski definition) is 5. The number of hydrogen-bond donors (Lipinski definition) is 1. The van der Waals surface area contributed by atoms with E-state index < -0.39 is 15.4 Å². The standard InChI is InChI=1S/C23H29NO4S/c1-4-6-12-23(5-2)16-29(26,27)21-13-18(15-25)20(28-3)14-19(21)22(24-23)17-10-8-7-9-11-17/h7-11,13-15,22,24H,4-6,12,16H2,1-3H3. The van der Waals surface area contributed by atoms with Crippen LogP contribution in [0.2, 0.25) is 0 Å². The largest absolute Gasteiger partial charge is 0.496 e. The summed E-state index contributed by atoms with van der Waals surface area (Å²) in [6.45, 7) is 4.15. The van der Waals surface area contributed by atoms with Gasteiger partial charge in [0.15, 0.2) is 16.1 Å². The van der Waals surface area contributed by atoms with Crippen LogP contribution >= 0.6 is 0 Å². The minimum atomic E-state index is -3.60. The molecule has 3 rings (SSSR count). The Balaban J connectivity index is 2.28. The van der Waals surface area contributed by atoms with Crippen LogP contribution in [0, 0.1) is 0 Å². The van der Waals surface area contributed by atoms with Crippen LogP contribution in [0.3, 0.4) is 0 Å². The lowest BCUT2D eigenvalue weighted by Crippen LogP contribution is -2.50. The molecule has 5 nitrogen and oxygen atoms in total. The van der Waals surface area contributed by atoms with Crippen molar-refractivity contribution in [3.63, 3.8) is 0 Å². The Labute approximate surface area is 173 Å². The van der Waals surface area contributed by atoms with Crippen LogP contribution in [-0.4, -0.2) is 33.1 Å². The molecule has 156 valence electrons. The number of carbonyl (C=O) groups is 1. The van der Waals surface area contributed by atoms with Gasteiger partial charge in [-0.25, -0.2) is 8.42 Å². The maximum absolute atomic E-state index is 13.5. The van der Waals surface area contributed by atoms with E-state index in [0.29, 0.717) is 24.0 Å². The molecule has 0 aromatic heterocycles. The third-order valence-electron chi connectivity index (χ3n) is 5.87. The molecular weight excluding hydrogens is 386 g/mol. The fourth-order valence-electron chi connectivity index (χ4n) is 4.17. The number of unbranched alkanes of at least 4 members (excludes halogenated alkanes) is 1. The smallest absolute Gasteiger partial charge is 0.180 e. The van der Waals surface area contributed by atoms with E-state index in [1.807, 2.05) is 37.3 Å². The second-order valence-corrected chi connectivity index (χ2v) is 9.69. The average Bonchev–Trinajstić information content (AvgIpc) is 2.84. The van der Waals surface area contributed by atoms with Crippen molar-refractivity contribution in [3.8, 4) is 5.75 Å². The summed E-state index contributed by atoms with van der Waals surface area (Å²) in [5, 5.41) is 3.71. The van der Waals surface area contributed by atoms with E-state index in [0.717, 1.165) is 24.8 Å². The third-order valence-corrected chi connectivity index (χ3v) is 7.83. The summed E-state index contributed by atoms with van der Waals surface area (Å²) in [5.74, 6) is 0.395. The Morgan fingerprint density at radius 3 is 2.52 bits per heavy atom. The first kappa shape index (κ1) is 21.5. The van der Waals surface area contributed by atoms with Gasteiger partial charge in [0.05, 0.1) is 29.4 Å².